The molecule has 0 aliphatic carbocycles. The number of para-hydroxylation sites is 2. The summed E-state index contributed by atoms with van der Waals surface area (Å²) in [6, 6.07) is 15.3. The molecule has 2 aliphatic rings. The van der Waals surface area contributed by atoms with Gasteiger partial charge in [-0.3, -0.25) is 4.90 Å². The average molecular weight is 317 g/mol. The van der Waals surface area contributed by atoms with Gasteiger partial charge in [0.05, 0.1) is 17.1 Å². The minimum atomic E-state index is 0.441. The van der Waals surface area contributed by atoms with Crippen molar-refractivity contribution in [3.8, 4) is 0 Å². The molecule has 0 spiro atoms. The second-order valence-corrected chi connectivity index (χ2v) is 6.81. The van der Waals surface area contributed by atoms with Gasteiger partial charge in [0.2, 0.25) is 0 Å². The summed E-state index contributed by atoms with van der Waals surface area (Å²) in [7, 11) is 2.18. The second kappa shape index (κ2) is 5.91. The molecule has 1 atom stereocenters. The molecule has 2 aromatic rings. The summed E-state index contributed by atoms with van der Waals surface area (Å²) in [5, 5.41) is 3.57. The van der Waals surface area contributed by atoms with Crippen LogP contribution < -0.4 is 5.32 Å². The third-order valence-corrected chi connectivity index (χ3v) is 5.01. The van der Waals surface area contributed by atoms with Gasteiger partial charge < -0.3 is 5.32 Å². The van der Waals surface area contributed by atoms with Gasteiger partial charge in [-0.05, 0) is 57.2 Å². The Bertz CT molecular complexity index is 848. The number of rotatable bonds is 1. The zero-order valence-electron chi connectivity index (χ0n) is 14.5. The molecular formula is C21H23N3. The Morgan fingerprint density at radius 2 is 1.96 bits per heavy atom. The molecule has 0 fully saturated rings. The van der Waals surface area contributed by atoms with Crippen molar-refractivity contribution in [3.05, 3.63) is 65.2 Å². The van der Waals surface area contributed by atoms with Crippen molar-refractivity contribution in [1.82, 2.24) is 4.90 Å². The quantitative estimate of drug-likeness (QED) is 0.816. The molecule has 4 rings (SSSR count). The Hall–Kier alpha value is -2.39. The number of fused-ring (bicyclic) bond motifs is 2. The van der Waals surface area contributed by atoms with Gasteiger partial charge in [0.15, 0.2) is 0 Å². The van der Waals surface area contributed by atoms with Crippen LogP contribution in [-0.4, -0.2) is 30.2 Å². The Morgan fingerprint density at radius 3 is 2.79 bits per heavy atom. The van der Waals surface area contributed by atoms with Crippen LogP contribution in [-0.2, 0) is 0 Å². The lowest BCUT2D eigenvalue weighted by atomic mass is 9.93. The van der Waals surface area contributed by atoms with E-state index in [9.17, 15) is 0 Å². The van der Waals surface area contributed by atoms with Crippen LogP contribution in [0.25, 0.3) is 0 Å². The van der Waals surface area contributed by atoms with Gasteiger partial charge in [0.1, 0.15) is 0 Å². The largest absolute Gasteiger partial charge is 0.353 e. The second-order valence-electron chi connectivity index (χ2n) is 6.81. The molecule has 0 bridgehead atoms. The highest BCUT2D eigenvalue weighted by molar-refractivity contribution is 6.18. The van der Waals surface area contributed by atoms with Gasteiger partial charge in [0.25, 0.3) is 0 Å². The van der Waals surface area contributed by atoms with Crippen LogP contribution in [0.2, 0.25) is 0 Å². The molecule has 3 heteroatoms. The van der Waals surface area contributed by atoms with Gasteiger partial charge in [-0.25, -0.2) is 4.99 Å². The van der Waals surface area contributed by atoms with Gasteiger partial charge in [-0.15, -0.1) is 0 Å². The summed E-state index contributed by atoms with van der Waals surface area (Å²) >= 11 is 0. The molecular weight excluding hydrogens is 294 g/mol. The Labute approximate surface area is 143 Å². The van der Waals surface area contributed by atoms with Crippen molar-refractivity contribution >= 4 is 22.8 Å². The smallest absolute Gasteiger partial charge is 0.0872 e. The fourth-order valence-corrected chi connectivity index (χ4v) is 3.41. The number of nitrogens with one attached hydrogen (secondary N) is 1. The number of anilines is 2. The average Bonchev–Trinajstić information content (AvgIpc) is 2.74. The SMILES string of the molecule is Cc1ccc2c(c1)C(C1=C[C@H](C)N(C)CC1)=Nc1ccccc1N2. The van der Waals surface area contributed by atoms with E-state index in [0.717, 1.165) is 35.7 Å². The molecule has 0 aromatic heterocycles. The molecule has 2 heterocycles. The standard InChI is InChI=1S/C21H23N3/c1-14-8-9-18-17(12-14)21(16-10-11-24(3)15(2)13-16)23-20-7-5-4-6-19(20)22-18/h4-9,12-13,15,22H,10-11H2,1-3H3/t15-/m0/s1. The van der Waals surface area contributed by atoms with E-state index < -0.39 is 0 Å². The Morgan fingerprint density at radius 1 is 1.12 bits per heavy atom. The zero-order chi connectivity index (χ0) is 16.7. The first-order valence-electron chi connectivity index (χ1n) is 8.59. The molecule has 24 heavy (non-hydrogen) atoms. The fraction of sp³-hybridized carbons (Fsp3) is 0.286. The number of benzene rings is 2. The summed E-state index contributed by atoms with van der Waals surface area (Å²) in [5.74, 6) is 0. The van der Waals surface area contributed by atoms with E-state index in [4.69, 9.17) is 4.99 Å². The summed E-state index contributed by atoms with van der Waals surface area (Å²) < 4.78 is 0. The van der Waals surface area contributed by atoms with Crippen molar-refractivity contribution in [2.75, 3.05) is 18.9 Å². The van der Waals surface area contributed by atoms with Crippen molar-refractivity contribution < 1.29 is 0 Å². The summed E-state index contributed by atoms with van der Waals surface area (Å²) in [6.07, 6.45) is 3.40. The van der Waals surface area contributed by atoms with E-state index in [0.29, 0.717) is 6.04 Å². The van der Waals surface area contributed by atoms with Crippen LogP contribution in [0.5, 0.6) is 0 Å². The lowest BCUT2D eigenvalue weighted by Gasteiger charge is -2.29. The Kier molecular flexibility index (Phi) is 3.73. The van der Waals surface area contributed by atoms with E-state index >= 15 is 0 Å². The predicted molar refractivity (Wildman–Crippen MR) is 102 cm³/mol. The highest BCUT2D eigenvalue weighted by atomic mass is 15.1. The fourth-order valence-electron chi connectivity index (χ4n) is 3.41. The lowest BCUT2D eigenvalue weighted by molar-refractivity contribution is 0.288. The molecule has 0 radical (unpaired) electrons. The van der Waals surface area contributed by atoms with Crippen LogP contribution in [0.3, 0.4) is 0 Å². The monoisotopic (exact) mass is 317 g/mol. The number of hydrogen-bond acceptors (Lipinski definition) is 3. The number of nitrogens with zero attached hydrogens (tertiary/aromatic N) is 2. The van der Waals surface area contributed by atoms with Crippen LogP contribution >= 0.6 is 0 Å². The first kappa shape index (κ1) is 15.2. The topological polar surface area (TPSA) is 27.6 Å². The summed E-state index contributed by atoms with van der Waals surface area (Å²) in [6.45, 7) is 5.46. The van der Waals surface area contributed by atoms with Crippen LogP contribution in [0.1, 0.15) is 24.5 Å². The molecule has 1 N–H and O–H groups in total. The van der Waals surface area contributed by atoms with Crippen molar-refractivity contribution in [2.45, 2.75) is 26.3 Å². The van der Waals surface area contributed by atoms with Crippen LogP contribution in [0.15, 0.2) is 59.1 Å². The maximum atomic E-state index is 5.07. The first-order chi connectivity index (χ1) is 11.6. The zero-order valence-corrected chi connectivity index (χ0v) is 14.5. The predicted octanol–water partition coefficient (Wildman–Crippen LogP) is 4.82. The summed E-state index contributed by atoms with van der Waals surface area (Å²) in [5.41, 5.74) is 8.15. The first-order valence-corrected chi connectivity index (χ1v) is 8.59. The molecule has 0 saturated heterocycles. The van der Waals surface area contributed by atoms with Gasteiger partial charge in [-0.2, -0.15) is 0 Å². The van der Waals surface area contributed by atoms with Crippen molar-refractivity contribution in [2.24, 2.45) is 4.99 Å². The van der Waals surface area contributed by atoms with E-state index in [1.807, 2.05) is 0 Å². The van der Waals surface area contributed by atoms with E-state index in [1.165, 1.54) is 16.7 Å². The van der Waals surface area contributed by atoms with E-state index in [1.54, 1.807) is 0 Å². The summed E-state index contributed by atoms with van der Waals surface area (Å²) in [4.78, 5) is 7.45. The van der Waals surface area contributed by atoms with Crippen LogP contribution in [0, 0.1) is 6.92 Å². The number of likely N-dealkylation sites (N-methyl/N-ethyl adjacent to an activating group) is 1. The minimum absolute atomic E-state index is 0.441. The number of hydrogen-bond donors (Lipinski definition) is 1. The van der Waals surface area contributed by atoms with E-state index in [2.05, 4.69) is 79.7 Å². The van der Waals surface area contributed by atoms with E-state index in [-0.39, 0.29) is 0 Å². The van der Waals surface area contributed by atoms with Gasteiger partial charge in [0, 0.05) is 23.8 Å². The van der Waals surface area contributed by atoms with Crippen molar-refractivity contribution in [1.29, 1.82) is 0 Å². The minimum Gasteiger partial charge on any atom is -0.353 e. The van der Waals surface area contributed by atoms with Gasteiger partial charge >= 0.3 is 0 Å². The van der Waals surface area contributed by atoms with Crippen molar-refractivity contribution in [3.63, 3.8) is 0 Å². The molecule has 2 aromatic carbocycles. The highest BCUT2D eigenvalue weighted by Gasteiger charge is 2.23. The highest BCUT2D eigenvalue weighted by Crippen LogP contribution is 2.36. The van der Waals surface area contributed by atoms with Gasteiger partial charge in [-0.1, -0.05) is 29.8 Å². The number of aliphatic imine (C=N–C) groups is 1. The lowest BCUT2D eigenvalue weighted by Crippen LogP contribution is -2.33. The molecule has 122 valence electrons. The molecule has 0 amide bonds. The third-order valence-electron chi connectivity index (χ3n) is 5.01. The Balaban J connectivity index is 1.92. The molecule has 0 unspecified atom stereocenters. The molecule has 0 saturated carbocycles. The number of aryl methyl sites for hydroxylation is 1. The molecule has 3 nitrogen and oxygen atoms in total. The molecule has 2 aliphatic heterocycles. The third kappa shape index (κ3) is 2.65. The maximum Gasteiger partial charge on any atom is 0.0872 e. The normalized spacial score (nSPS) is 20.2. The van der Waals surface area contributed by atoms with Crippen LogP contribution in [0.4, 0.5) is 17.1 Å². The maximum absolute atomic E-state index is 5.07.